The Kier molecular flexibility index (Phi) is 4.61. The first kappa shape index (κ1) is 14.9. The van der Waals surface area contributed by atoms with E-state index in [0.717, 1.165) is 6.42 Å². The van der Waals surface area contributed by atoms with E-state index in [-0.39, 0.29) is 17.6 Å². The molecule has 3 nitrogen and oxygen atoms in total. The van der Waals surface area contributed by atoms with Crippen LogP contribution in [0.2, 0.25) is 0 Å². The molecule has 1 aliphatic heterocycles. The van der Waals surface area contributed by atoms with Crippen LogP contribution in [0, 0.1) is 17.3 Å². The van der Waals surface area contributed by atoms with Crippen molar-refractivity contribution in [2.45, 2.75) is 72.4 Å². The van der Waals surface area contributed by atoms with Gasteiger partial charge in [-0.3, -0.25) is 0 Å². The summed E-state index contributed by atoms with van der Waals surface area (Å²) in [5.74, 6) is 0.795. The van der Waals surface area contributed by atoms with Crippen LogP contribution >= 0.6 is 0 Å². The van der Waals surface area contributed by atoms with Crippen molar-refractivity contribution in [2.75, 3.05) is 0 Å². The fourth-order valence-electron chi connectivity index (χ4n) is 2.60. The van der Waals surface area contributed by atoms with Gasteiger partial charge in [-0.05, 0) is 30.6 Å². The first-order chi connectivity index (χ1) is 7.64. The van der Waals surface area contributed by atoms with Crippen LogP contribution < -0.4 is 0 Å². The standard InChI is InChI=1S/C14H28O3/c1-8-7-11(13(16)14(4,5)6)17-12(9(8)2)10(3)15/h8-13,15-16H,7H2,1-6H3. The highest BCUT2D eigenvalue weighted by molar-refractivity contribution is 4.90. The lowest BCUT2D eigenvalue weighted by Crippen LogP contribution is -2.51. The van der Waals surface area contributed by atoms with Gasteiger partial charge in [0.15, 0.2) is 0 Å². The monoisotopic (exact) mass is 244 g/mol. The van der Waals surface area contributed by atoms with E-state index in [1.807, 2.05) is 20.8 Å². The Bertz CT molecular complexity index is 244. The second kappa shape index (κ2) is 5.25. The minimum Gasteiger partial charge on any atom is -0.391 e. The van der Waals surface area contributed by atoms with E-state index in [4.69, 9.17) is 4.74 Å². The van der Waals surface area contributed by atoms with Crippen LogP contribution in [0.3, 0.4) is 0 Å². The summed E-state index contributed by atoms with van der Waals surface area (Å²) in [5, 5.41) is 20.1. The first-order valence-corrected chi connectivity index (χ1v) is 6.66. The van der Waals surface area contributed by atoms with Crippen LogP contribution in [0.5, 0.6) is 0 Å². The van der Waals surface area contributed by atoms with Crippen molar-refractivity contribution in [2.24, 2.45) is 17.3 Å². The summed E-state index contributed by atoms with van der Waals surface area (Å²) in [7, 11) is 0. The third-order valence-electron chi connectivity index (χ3n) is 4.07. The summed E-state index contributed by atoms with van der Waals surface area (Å²) in [6, 6.07) is 0. The smallest absolute Gasteiger partial charge is 0.0864 e. The summed E-state index contributed by atoms with van der Waals surface area (Å²) < 4.78 is 5.92. The van der Waals surface area contributed by atoms with E-state index in [9.17, 15) is 10.2 Å². The normalized spacial score (nSPS) is 38.8. The Morgan fingerprint density at radius 1 is 1.18 bits per heavy atom. The zero-order valence-electron chi connectivity index (χ0n) is 12.0. The lowest BCUT2D eigenvalue weighted by molar-refractivity contribution is -0.189. The van der Waals surface area contributed by atoms with Gasteiger partial charge in [0.1, 0.15) is 0 Å². The van der Waals surface area contributed by atoms with Gasteiger partial charge in [0.2, 0.25) is 0 Å². The predicted molar refractivity (Wildman–Crippen MR) is 68.7 cm³/mol. The molecule has 0 aromatic heterocycles. The average Bonchev–Trinajstić information content (AvgIpc) is 2.19. The second-order valence-corrected chi connectivity index (χ2v) is 6.76. The molecule has 2 N–H and O–H groups in total. The molecule has 17 heavy (non-hydrogen) atoms. The van der Waals surface area contributed by atoms with Gasteiger partial charge in [-0.2, -0.15) is 0 Å². The Balaban J connectivity index is 2.77. The fourth-order valence-corrected chi connectivity index (χ4v) is 2.60. The highest BCUT2D eigenvalue weighted by Crippen LogP contribution is 2.36. The molecule has 0 bridgehead atoms. The Labute approximate surface area is 105 Å². The van der Waals surface area contributed by atoms with Crippen LogP contribution in [-0.4, -0.2) is 34.6 Å². The first-order valence-electron chi connectivity index (χ1n) is 6.66. The maximum Gasteiger partial charge on any atom is 0.0864 e. The lowest BCUT2D eigenvalue weighted by atomic mass is 9.76. The fraction of sp³-hybridized carbons (Fsp3) is 1.00. The molecular formula is C14H28O3. The van der Waals surface area contributed by atoms with Gasteiger partial charge in [0.25, 0.3) is 0 Å². The molecule has 102 valence electrons. The average molecular weight is 244 g/mol. The number of aliphatic hydroxyl groups excluding tert-OH is 2. The topological polar surface area (TPSA) is 49.7 Å². The van der Waals surface area contributed by atoms with Crippen molar-refractivity contribution >= 4 is 0 Å². The largest absolute Gasteiger partial charge is 0.391 e. The number of ether oxygens (including phenoxy) is 1. The van der Waals surface area contributed by atoms with E-state index in [0.29, 0.717) is 11.8 Å². The summed E-state index contributed by atoms with van der Waals surface area (Å²) in [4.78, 5) is 0. The highest BCUT2D eigenvalue weighted by Gasteiger charge is 2.41. The zero-order chi connectivity index (χ0) is 13.4. The molecule has 0 aromatic rings. The van der Waals surface area contributed by atoms with Crippen LogP contribution in [-0.2, 0) is 4.74 Å². The third-order valence-corrected chi connectivity index (χ3v) is 4.07. The van der Waals surface area contributed by atoms with Crippen molar-refractivity contribution in [3.8, 4) is 0 Å². The maximum absolute atomic E-state index is 10.3. The second-order valence-electron chi connectivity index (χ2n) is 6.76. The van der Waals surface area contributed by atoms with E-state index in [2.05, 4.69) is 13.8 Å². The molecule has 1 saturated heterocycles. The quantitative estimate of drug-likeness (QED) is 0.783. The molecule has 0 radical (unpaired) electrons. The Morgan fingerprint density at radius 2 is 1.71 bits per heavy atom. The van der Waals surface area contributed by atoms with Gasteiger partial charge >= 0.3 is 0 Å². The molecule has 0 saturated carbocycles. The van der Waals surface area contributed by atoms with Gasteiger partial charge in [0.05, 0.1) is 24.4 Å². The van der Waals surface area contributed by atoms with Gasteiger partial charge < -0.3 is 14.9 Å². The molecule has 0 spiro atoms. The highest BCUT2D eigenvalue weighted by atomic mass is 16.5. The van der Waals surface area contributed by atoms with Crippen molar-refractivity contribution in [3.05, 3.63) is 0 Å². The third kappa shape index (κ3) is 3.43. The van der Waals surface area contributed by atoms with Crippen molar-refractivity contribution in [3.63, 3.8) is 0 Å². The zero-order valence-corrected chi connectivity index (χ0v) is 12.0. The minimum atomic E-state index is -0.487. The minimum absolute atomic E-state index is 0.166. The van der Waals surface area contributed by atoms with Gasteiger partial charge in [-0.25, -0.2) is 0 Å². The van der Waals surface area contributed by atoms with Gasteiger partial charge in [0, 0.05) is 0 Å². The molecule has 6 unspecified atom stereocenters. The Morgan fingerprint density at radius 3 is 2.12 bits per heavy atom. The van der Waals surface area contributed by atoms with Crippen LogP contribution in [0.25, 0.3) is 0 Å². The number of hydrogen-bond acceptors (Lipinski definition) is 3. The molecule has 0 amide bonds. The summed E-state index contributed by atoms with van der Waals surface area (Å²) in [6.45, 7) is 12.1. The summed E-state index contributed by atoms with van der Waals surface area (Å²) in [6.07, 6.45) is -0.439. The lowest BCUT2D eigenvalue weighted by Gasteiger charge is -2.44. The summed E-state index contributed by atoms with van der Waals surface area (Å²) >= 11 is 0. The molecule has 6 atom stereocenters. The Hall–Kier alpha value is -0.120. The molecule has 1 rings (SSSR count). The molecule has 1 fully saturated rings. The van der Waals surface area contributed by atoms with Crippen LogP contribution in [0.4, 0.5) is 0 Å². The molecule has 1 heterocycles. The number of rotatable bonds is 2. The van der Waals surface area contributed by atoms with Crippen molar-refractivity contribution < 1.29 is 14.9 Å². The van der Waals surface area contributed by atoms with E-state index in [1.165, 1.54) is 0 Å². The molecule has 3 heteroatoms. The van der Waals surface area contributed by atoms with Crippen molar-refractivity contribution in [1.82, 2.24) is 0 Å². The van der Waals surface area contributed by atoms with Crippen LogP contribution in [0.15, 0.2) is 0 Å². The van der Waals surface area contributed by atoms with Crippen LogP contribution in [0.1, 0.15) is 48.0 Å². The van der Waals surface area contributed by atoms with E-state index in [1.54, 1.807) is 6.92 Å². The molecule has 0 aromatic carbocycles. The van der Waals surface area contributed by atoms with E-state index >= 15 is 0 Å². The molecule has 0 aliphatic carbocycles. The number of aliphatic hydroxyl groups is 2. The SMILES string of the molecule is CC(O)C1OC(C(O)C(C)(C)C)CC(C)C1C. The number of hydrogen-bond donors (Lipinski definition) is 2. The van der Waals surface area contributed by atoms with Crippen molar-refractivity contribution in [1.29, 1.82) is 0 Å². The van der Waals surface area contributed by atoms with Gasteiger partial charge in [-0.15, -0.1) is 0 Å². The predicted octanol–water partition coefficient (Wildman–Crippen LogP) is 2.20. The van der Waals surface area contributed by atoms with Gasteiger partial charge in [-0.1, -0.05) is 34.6 Å². The molecular weight excluding hydrogens is 216 g/mol. The van der Waals surface area contributed by atoms with E-state index < -0.39 is 12.2 Å². The summed E-state index contributed by atoms with van der Waals surface area (Å²) in [5.41, 5.74) is -0.186. The molecule has 1 aliphatic rings. The maximum atomic E-state index is 10.3.